The van der Waals surface area contributed by atoms with Gasteiger partial charge < -0.3 is 10.4 Å². The predicted molar refractivity (Wildman–Crippen MR) is 80.2 cm³/mol. The summed E-state index contributed by atoms with van der Waals surface area (Å²) < 4.78 is 0.526. The number of phenols is 1. The van der Waals surface area contributed by atoms with E-state index in [9.17, 15) is 9.90 Å². The summed E-state index contributed by atoms with van der Waals surface area (Å²) in [7, 11) is 0. The number of anilines is 1. The van der Waals surface area contributed by atoms with Crippen molar-refractivity contribution in [2.45, 2.75) is 0 Å². The SMILES string of the molecule is O=C(Nc1ccc(Cl)c(Cl)c1)c1ccc(Br)c(O)c1. The van der Waals surface area contributed by atoms with Crippen LogP contribution in [0.3, 0.4) is 0 Å². The van der Waals surface area contributed by atoms with Gasteiger partial charge in [0.15, 0.2) is 0 Å². The highest BCUT2D eigenvalue weighted by Gasteiger charge is 2.09. The quantitative estimate of drug-likeness (QED) is 0.814. The predicted octanol–water partition coefficient (Wildman–Crippen LogP) is 4.71. The molecule has 6 heteroatoms. The van der Waals surface area contributed by atoms with Gasteiger partial charge in [-0.05, 0) is 52.3 Å². The number of hydrogen-bond donors (Lipinski definition) is 2. The lowest BCUT2D eigenvalue weighted by molar-refractivity contribution is 0.102. The van der Waals surface area contributed by atoms with Crippen molar-refractivity contribution in [3.8, 4) is 5.75 Å². The molecular weight excluding hydrogens is 353 g/mol. The first-order chi connectivity index (χ1) is 8.97. The Labute approximate surface area is 128 Å². The Morgan fingerprint density at radius 1 is 1.11 bits per heavy atom. The molecule has 1 amide bonds. The molecule has 2 aromatic carbocycles. The van der Waals surface area contributed by atoms with E-state index in [1.807, 2.05) is 0 Å². The summed E-state index contributed by atoms with van der Waals surface area (Å²) >= 11 is 14.8. The Balaban J connectivity index is 2.20. The third-order valence-corrected chi connectivity index (χ3v) is 3.80. The molecule has 0 bridgehead atoms. The molecule has 19 heavy (non-hydrogen) atoms. The van der Waals surface area contributed by atoms with Crippen LogP contribution in [0.15, 0.2) is 40.9 Å². The van der Waals surface area contributed by atoms with Crippen LogP contribution in [0, 0.1) is 0 Å². The Bertz CT molecular complexity index is 647. The molecule has 2 rings (SSSR count). The van der Waals surface area contributed by atoms with E-state index in [0.717, 1.165) is 0 Å². The zero-order valence-electron chi connectivity index (χ0n) is 9.45. The summed E-state index contributed by atoms with van der Waals surface area (Å²) in [4.78, 5) is 12.0. The van der Waals surface area contributed by atoms with Crippen LogP contribution in [0.1, 0.15) is 10.4 Å². The van der Waals surface area contributed by atoms with E-state index >= 15 is 0 Å². The smallest absolute Gasteiger partial charge is 0.255 e. The number of carbonyl (C=O) groups is 1. The van der Waals surface area contributed by atoms with Crippen LogP contribution in [-0.2, 0) is 0 Å². The van der Waals surface area contributed by atoms with Gasteiger partial charge >= 0.3 is 0 Å². The molecule has 3 nitrogen and oxygen atoms in total. The minimum Gasteiger partial charge on any atom is -0.507 e. The Morgan fingerprint density at radius 3 is 2.47 bits per heavy atom. The van der Waals surface area contributed by atoms with E-state index in [1.54, 1.807) is 30.3 Å². The van der Waals surface area contributed by atoms with Crippen LogP contribution in [0.25, 0.3) is 0 Å². The lowest BCUT2D eigenvalue weighted by atomic mass is 10.2. The third kappa shape index (κ3) is 3.41. The number of rotatable bonds is 2. The normalized spacial score (nSPS) is 10.3. The van der Waals surface area contributed by atoms with Crippen LogP contribution >= 0.6 is 39.1 Å². The fraction of sp³-hybridized carbons (Fsp3) is 0. The van der Waals surface area contributed by atoms with Crippen molar-refractivity contribution >= 4 is 50.7 Å². The van der Waals surface area contributed by atoms with E-state index in [1.165, 1.54) is 6.07 Å². The van der Waals surface area contributed by atoms with Crippen molar-refractivity contribution in [1.29, 1.82) is 0 Å². The minimum absolute atomic E-state index is 0.00166. The van der Waals surface area contributed by atoms with Gasteiger partial charge in [-0.2, -0.15) is 0 Å². The topological polar surface area (TPSA) is 49.3 Å². The molecule has 0 aliphatic heterocycles. The van der Waals surface area contributed by atoms with Crippen LogP contribution in [0.2, 0.25) is 10.0 Å². The summed E-state index contributed by atoms with van der Waals surface area (Å²) in [5.41, 5.74) is 0.869. The van der Waals surface area contributed by atoms with Gasteiger partial charge in [0.1, 0.15) is 5.75 Å². The number of phenolic OH excluding ortho intramolecular Hbond substituents is 1. The largest absolute Gasteiger partial charge is 0.507 e. The summed E-state index contributed by atoms with van der Waals surface area (Å²) in [6.45, 7) is 0. The Morgan fingerprint density at radius 2 is 1.84 bits per heavy atom. The Hall–Kier alpha value is -1.23. The van der Waals surface area contributed by atoms with Crippen LogP contribution in [0.4, 0.5) is 5.69 Å². The van der Waals surface area contributed by atoms with Gasteiger partial charge in [0.05, 0.1) is 14.5 Å². The Kier molecular flexibility index (Phi) is 4.34. The van der Waals surface area contributed by atoms with E-state index in [-0.39, 0.29) is 11.7 Å². The molecule has 0 aromatic heterocycles. The molecule has 0 saturated carbocycles. The zero-order valence-corrected chi connectivity index (χ0v) is 12.6. The molecule has 0 fully saturated rings. The summed E-state index contributed by atoms with van der Waals surface area (Å²) in [5.74, 6) is -0.344. The molecule has 98 valence electrons. The van der Waals surface area contributed by atoms with Crippen molar-refractivity contribution < 1.29 is 9.90 Å². The second-order valence-corrected chi connectivity index (χ2v) is 5.42. The molecule has 0 unspecified atom stereocenters. The lowest BCUT2D eigenvalue weighted by Gasteiger charge is -2.07. The van der Waals surface area contributed by atoms with Gasteiger partial charge in [-0.3, -0.25) is 4.79 Å². The summed E-state index contributed by atoms with van der Waals surface area (Å²) in [5, 5.41) is 13.0. The van der Waals surface area contributed by atoms with Gasteiger partial charge in [0.2, 0.25) is 0 Å². The number of aromatic hydroxyl groups is 1. The van der Waals surface area contributed by atoms with Gasteiger partial charge in [-0.15, -0.1) is 0 Å². The molecule has 0 spiro atoms. The molecule has 0 aliphatic rings. The van der Waals surface area contributed by atoms with Crippen molar-refractivity contribution in [1.82, 2.24) is 0 Å². The first-order valence-electron chi connectivity index (χ1n) is 5.22. The number of hydrogen-bond acceptors (Lipinski definition) is 2. The molecule has 0 aliphatic carbocycles. The van der Waals surface area contributed by atoms with Crippen molar-refractivity contribution in [3.05, 3.63) is 56.5 Å². The van der Waals surface area contributed by atoms with Crippen LogP contribution in [-0.4, -0.2) is 11.0 Å². The lowest BCUT2D eigenvalue weighted by Crippen LogP contribution is -2.11. The van der Waals surface area contributed by atoms with E-state index in [4.69, 9.17) is 23.2 Å². The van der Waals surface area contributed by atoms with Crippen LogP contribution < -0.4 is 5.32 Å². The molecule has 2 aromatic rings. The van der Waals surface area contributed by atoms with Gasteiger partial charge in [-0.25, -0.2) is 0 Å². The third-order valence-electron chi connectivity index (χ3n) is 2.39. The van der Waals surface area contributed by atoms with Gasteiger partial charge in [-0.1, -0.05) is 23.2 Å². The monoisotopic (exact) mass is 359 g/mol. The van der Waals surface area contributed by atoms with E-state index < -0.39 is 0 Å². The highest BCUT2D eigenvalue weighted by Crippen LogP contribution is 2.27. The second kappa shape index (κ2) is 5.82. The zero-order chi connectivity index (χ0) is 14.0. The van der Waals surface area contributed by atoms with E-state index in [0.29, 0.717) is 25.8 Å². The fourth-order valence-electron chi connectivity index (χ4n) is 1.43. The first-order valence-corrected chi connectivity index (χ1v) is 6.77. The first kappa shape index (κ1) is 14.2. The summed E-state index contributed by atoms with van der Waals surface area (Å²) in [6, 6.07) is 9.36. The number of halogens is 3. The van der Waals surface area contributed by atoms with Crippen LogP contribution in [0.5, 0.6) is 5.75 Å². The maximum Gasteiger partial charge on any atom is 0.255 e. The number of amides is 1. The van der Waals surface area contributed by atoms with E-state index in [2.05, 4.69) is 21.2 Å². The fourth-order valence-corrected chi connectivity index (χ4v) is 1.98. The molecule has 2 N–H and O–H groups in total. The standard InChI is InChI=1S/C13H8BrCl2NO2/c14-9-3-1-7(5-12(9)18)13(19)17-8-2-4-10(15)11(16)6-8/h1-6,18H,(H,17,19). The molecule has 0 heterocycles. The highest BCUT2D eigenvalue weighted by molar-refractivity contribution is 9.10. The van der Waals surface area contributed by atoms with Crippen molar-refractivity contribution in [2.75, 3.05) is 5.32 Å². The maximum absolute atomic E-state index is 12.0. The van der Waals surface area contributed by atoms with Gasteiger partial charge in [0.25, 0.3) is 5.91 Å². The molecular formula is C13H8BrCl2NO2. The molecule has 0 saturated heterocycles. The number of carbonyl (C=O) groups excluding carboxylic acids is 1. The molecule has 0 atom stereocenters. The average molecular weight is 361 g/mol. The number of benzene rings is 2. The minimum atomic E-state index is -0.346. The van der Waals surface area contributed by atoms with Gasteiger partial charge in [0, 0.05) is 11.3 Å². The van der Waals surface area contributed by atoms with Crippen molar-refractivity contribution in [3.63, 3.8) is 0 Å². The second-order valence-electron chi connectivity index (χ2n) is 3.75. The molecule has 0 radical (unpaired) electrons. The highest BCUT2D eigenvalue weighted by atomic mass is 79.9. The van der Waals surface area contributed by atoms with Crippen molar-refractivity contribution in [2.24, 2.45) is 0 Å². The average Bonchev–Trinajstić information content (AvgIpc) is 2.37. The summed E-state index contributed by atoms with van der Waals surface area (Å²) in [6.07, 6.45) is 0. The maximum atomic E-state index is 12.0. The number of nitrogens with one attached hydrogen (secondary N) is 1.